The minimum atomic E-state index is -3.03. The van der Waals surface area contributed by atoms with Crippen LogP contribution in [0.5, 0.6) is 5.75 Å². The second kappa shape index (κ2) is 11.9. The Hall–Kier alpha value is -4.15. The Balaban J connectivity index is 1.27. The van der Waals surface area contributed by atoms with Gasteiger partial charge in [-0.2, -0.15) is 0 Å². The first-order valence-corrected chi connectivity index (χ1v) is 14.8. The van der Waals surface area contributed by atoms with E-state index in [9.17, 15) is 12.8 Å². The zero-order valence-electron chi connectivity index (χ0n) is 21.5. The second-order valence-corrected chi connectivity index (χ2v) is 11.9. The molecule has 8 nitrogen and oxygen atoms in total. The van der Waals surface area contributed by atoms with Crippen molar-refractivity contribution in [2.45, 2.75) is 12.7 Å². The zero-order valence-corrected chi connectivity index (χ0v) is 23.0. The topological polar surface area (TPSA) is 102 Å². The molecule has 0 amide bonds. The fraction of sp³-hybridized carbons (Fsp3) is 0.172. The van der Waals surface area contributed by atoms with Crippen LogP contribution in [0.4, 0.5) is 15.9 Å². The Morgan fingerprint density at radius 1 is 1.12 bits per heavy atom. The summed E-state index contributed by atoms with van der Waals surface area (Å²) in [4.78, 5) is 8.80. The van der Waals surface area contributed by atoms with Gasteiger partial charge in [-0.25, -0.2) is 22.8 Å². The Morgan fingerprint density at radius 3 is 2.80 bits per heavy atom. The fourth-order valence-corrected chi connectivity index (χ4v) is 4.78. The van der Waals surface area contributed by atoms with Gasteiger partial charge in [0, 0.05) is 30.1 Å². The maximum absolute atomic E-state index is 13.4. The smallest absolute Gasteiger partial charge is 0.149 e. The maximum atomic E-state index is 13.4. The molecule has 40 heavy (non-hydrogen) atoms. The standard InChI is InChI=1S/C29H26ClFN4O4S/c1-40(36,37)12-11-32-16-23-7-10-27(39-23)20-5-8-26-24(14-20)29(34-18-33-26)35-22-6-9-28(25(30)15-22)38-17-19-3-2-4-21(31)13-19/h2-10,13-16,18,27,32H,11-12,17H2,1H3,(H,33,34,35). The molecule has 0 spiro atoms. The molecular formula is C29H26ClFN4O4S. The average molecular weight is 581 g/mol. The minimum Gasteiger partial charge on any atom is -0.487 e. The molecule has 2 N–H and O–H groups in total. The van der Waals surface area contributed by atoms with Gasteiger partial charge in [0.15, 0.2) is 0 Å². The molecule has 1 unspecified atom stereocenters. The lowest BCUT2D eigenvalue weighted by Gasteiger charge is -2.14. The summed E-state index contributed by atoms with van der Waals surface area (Å²) in [6.45, 7) is 0.492. The van der Waals surface area contributed by atoms with Gasteiger partial charge in [-0.1, -0.05) is 29.8 Å². The summed E-state index contributed by atoms with van der Waals surface area (Å²) in [6.07, 6.45) is 7.79. The van der Waals surface area contributed by atoms with Gasteiger partial charge in [-0.05, 0) is 65.7 Å². The molecule has 0 radical (unpaired) electrons. The number of rotatable bonds is 10. The van der Waals surface area contributed by atoms with E-state index in [1.165, 1.54) is 24.7 Å². The highest BCUT2D eigenvalue weighted by Crippen LogP contribution is 2.34. The van der Waals surface area contributed by atoms with E-state index in [1.807, 2.05) is 36.4 Å². The number of halogens is 2. The van der Waals surface area contributed by atoms with Gasteiger partial charge in [-0.15, -0.1) is 0 Å². The normalized spacial score (nSPS) is 15.8. The summed E-state index contributed by atoms with van der Waals surface area (Å²) in [5, 5.41) is 7.46. The largest absolute Gasteiger partial charge is 0.487 e. The van der Waals surface area contributed by atoms with Crippen molar-refractivity contribution < 1.29 is 22.3 Å². The number of anilines is 2. The van der Waals surface area contributed by atoms with Crippen LogP contribution in [0, 0.1) is 5.82 Å². The predicted octanol–water partition coefficient (Wildman–Crippen LogP) is 5.85. The summed E-state index contributed by atoms with van der Waals surface area (Å²) >= 11 is 6.47. The molecule has 2 heterocycles. The third kappa shape index (κ3) is 7.08. The Morgan fingerprint density at radius 2 is 2.00 bits per heavy atom. The van der Waals surface area contributed by atoms with E-state index in [0.717, 1.165) is 16.5 Å². The number of sulfone groups is 1. The summed E-state index contributed by atoms with van der Waals surface area (Å²) < 4.78 is 47.8. The molecule has 11 heteroatoms. The van der Waals surface area contributed by atoms with Crippen molar-refractivity contribution in [1.82, 2.24) is 15.3 Å². The molecule has 1 atom stereocenters. The van der Waals surface area contributed by atoms with Gasteiger partial charge in [0.1, 0.15) is 52.0 Å². The molecule has 1 aliphatic heterocycles. The molecule has 1 aromatic heterocycles. The second-order valence-electron chi connectivity index (χ2n) is 9.22. The Bertz CT molecular complexity index is 1710. The highest BCUT2D eigenvalue weighted by atomic mass is 35.5. The van der Waals surface area contributed by atoms with Crippen LogP contribution in [0.1, 0.15) is 17.2 Å². The van der Waals surface area contributed by atoms with Crippen molar-refractivity contribution in [3.05, 3.63) is 113 Å². The molecule has 206 valence electrons. The van der Waals surface area contributed by atoms with Crippen molar-refractivity contribution in [3.8, 4) is 5.75 Å². The number of aromatic nitrogens is 2. The average Bonchev–Trinajstić information content (AvgIpc) is 3.39. The van der Waals surface area contributed by atoms with E-state index >= 15 is 0 Å². The first-order valence-electron chi connectivity index (χ1n) is 12.4. The van der Waals surface area contributed by atoms with Crippen LogP contribution < -0.4 is 15.4 Å². The number of ether oxygens (including phenoxy) is 2. The van der Waals surface area contributed by atoms with E-state index in [-0.39, 0.29) is 24.3 Å². The molecule has 0 aliphatic carbocycles. The van der Waals surface area contributed by atoms with Gasteiger partial charge in [0.25, 0.3) is 0 Å². The number of fused-ring (bicyclic) bond motifs is 1. The highest BCUT2D eigenvalue weighted by Gasteiger charge is 2.18. The number of benzene rings is 3. The monoisotopic (exact) mass is 580 g/mol. The van der Waals surface area contributed by atoms with Crippen molar-refractivity contribution >= 4 is 43.8 Å². The van der Waals surface area contributed by atoms with Crippen LogP contribution in [0.2, 0.25) is 5.02 Å². The van der Waals surface area contributed by atoms with Crippen LogP contribution >= 0.6 is 11.6 Å². The fourth-order valence-electron chi connectivity index (χ4n) is 4.06. The van der Waals surface area contributed by atoms with Crippen molar-refractivity contribution in [3.63, 3.8) is 0 Å². The summed E-state index contributed by atoms with van der Waals surface area (Å²) in [5.41, 5.74) is 3.06. The van der Waals surface area contributed by atoms with Crippen LogP contribution in [0.15, 0.2) is 91.1 Å². The van der Waals surface area contributed by atoms with Crippen LogP contribution in [-0.2, 0) is 21.2 Å². The number of hydrogen-bond acceptors (Lipinski definition) is 8. The number of hydrogen-bond donors (Lipinski definition) is 2. The quantitative estimate of drug-likeness (QED) is 0.225. The molecule has 4 aromatic rings. The van der Waals surface area contributed by atoms with Crippen molar-refractivity contribution in [2.75, 3.05) is 23.9 Å². The first kappa shape index (κ1) is 27.4. The number of nitrogens with one attached hydrogen (secondary N) is 2. The highest BCUT2D eigenvalue weighted by molar-refractivity contribution is 7.90. The minimum absolute atomic E-state index is 0.0419. The van der Waals surface area contributed by atoms with Crippen LogP contribution in [0.25, 0.3) is 10.9 Å². The van der Waals surface area contributed by atoms with Gasteiger partial charge >= 0.3 is 0 Å². The van der Waals surface area contributed by atoms with Gasteiger partial charge in [0.05, 0.1) is 16.3 Å². The Labute approximate surface area is 236 Å². The molecule has 0 fully saturated rings. The van der Waals surface area contributed by atoms with Gasteiger partial charge < -0.3 is 20.1 Å². The summed E-state index contributed by atoms with van der Waals surface area (Å²) in [6, 6.07) is 17.3. The lowest BCUT2D eigenvalue weighted by Crippen LogP contribution is -2.18. The zero-order chi connectivity index (χ0) is 28.1. The van der Waals surface area contributed by atoms with Gasteiger partial charge in [-0.3, -0.25) is 0 Å². The van der Waals surface area contributed by atoms with E-state index in [1.54, 1.807) is 30.5 Å². The molecule has 5 rings (SSSR count). The number of nitrogens with zero attached hydrogens (tertiary/aromatic N) is 2. The van der Waals surface area contributed by atoms with Crippen molar-refractivity contribution in [2.24, 2.45) is 0 Å². The van der Waals surface area contributed by atoms with E-state index in [2.05, 4.69) is 20.6 Å². The predicted molar refractivity (Wildman–Crippen MR) is 154 cm³/mol. The summed E-state index contributed by atoms with van der Waals surface area (Å²) in [5.74, 6) is 1.40. The van der Waals surface area contributed by atoms with E-state index < -0.39 is 9.84 Å². The molecule has 0 saturated carbocycles. The van der Waals surface area contributed by atoms with Crippen LogP contribution in [-0.4, -0.2) is 36.9 Å². The lowest BCUT2D eigenvalue weighted by molar-refractivity contribution is 0.183. The Kier molecular flexibility index (Phi) is 8.18. The molecule has 0 bridgehead atoms. The summed E-state index contributed by atoms with van der Waals surface area (Å²) in [7, 11) is -3.03. The van der Waals surface area contributed by atoms with E-state index in [4.69, 9.17) is 21.1 Å². The molecule has 3 aromatic carbocycles. The third-order valence-electron chi connectivity index (χ3n) is 6.03. The van der Waals surface area contributed by atoms with Gasteiger partial charge in [0.2, 0.25) is 0 Å². The maximum Gasteiger partial charge on any atom is 0.149 e. The SMILES string of the molecule is CS(=O)(=O)CCNC=C1C=CC(c2ccc3ncnc(Nc4ccc(OCc5cccc(F)c5)c(Cl)c4)c3c2)O1. The molecule has 1 aliphatic rings. The third-order valence-corrected chi connectivity index (χ3v) is 7.27. The first-order chi connectivity index (χ1) is 19.2. The van der Waals surface area contributed by atoms with Crippen molar-refractivity contribution in [1.29, 1.82) is 0 Å². The number of allylic oxidation sites excluding steroid dienone is 1. The lowest BCUT2D eigenvalue weighted by atomic mass is 10.1. The molecular weight excluding hydrogens is 555 g/mol. The van der Waals surface area contributed by atoms with E-state index in [0.29, 0.717) is 40.1 Å². The molecule has 0 saturated heterocycles. The van der Waals surface area contributed by atoms with Crippen LogP contribution in [0.3, 0.4) is 0 Å².